The van der Waals surface area contributed by atoms with Crippen molar-refractivity contribution in [2.24, 2.45) is 0 Å². The molecular formula is C12H12Cl2N2O5. The predicted octanol–water partition coefficient (Wildman–Crippen LogP) is 2.43. The third-order valence-corrected chi connectivity index (χ3v) is 2.81. The summed E-state index contributed by atoms with van der Waals surface area (Å²) in [7, 11) is 0. The van der Waals surface area contributed by atoms with Gasteiger partial charge in [0, 0.05) is 22.2 Å². The second kappa shape index (κ2) is 7.70. The van der Waals surface area contributed by atoms with Crippen LogP contribution in [0.3, 0.4) is 0 Å². The summed E-state index contributed by atoms with van der Waals surface area (Å²) in [6.45, 7) is 0. The number of hydrogen-bond donors (Lipinski definition) is 4. The number of urea groups is 1. The molecule has 0 radical (unpaired) electrons. The lowest BCUT2D eigenvalue weighted by atomic mass is 10.1. The van der Waals surface area contributed by atoms with E-state index in [4.69, 9.17) is 33.4 Å². The maximum atomic E-state index is 11.7. The van der Waals surface area contributed by atoms with Gasteiger partial charge < -0.3 is 20.8 Å². The minimum absolute atomic E-state index is 0.228. The molecule has 9 heteroatoms. The van der Waals surface area contributed by atoms with Gasteiger partial charge in [-0.25, -0.2) is 9.59 Å². The van der Waals surface area contributed by atoms with Crippen molar-refractivity contribution in [2.75, 3.05) is 5.32 Å². The summed E-state index contributed by atoms with van der Waals surface area (Å²) in [5.74, 6) is -2.47. The van der Waals surface area contributed by atoms with Crippen molar-refractivity contribution in [3.8, 4) is 0 Å². The number of carboxylic acids is 2. The molecule has 0 bridgehead atoms. The third-order valence-electron chi connectivity index (χ3n) is 2.37. The molecule has 7 nitrogen and oxygen atoms in total. The van der Waals surface area contributed by atoms with E-state index in [0.717, 1.165) is 0 Å². The van der Waals surface area contributed by atoms with Gasteiger partial charge in [-0.1, -0.05) is 23.2 Å². The average Bonchev–Trinajstić information content (AvgIpc) is 2.32. The lowest BCUT2D eigenvalue weighted by Crippen LogP contribution is -2.43. The smallest absolute Gasteiger partial charge is 0.326 e. The van der Waals surface area contributed by atoms with Gasteiger partial charge in [0.15, 0.2) is 0 Å². The molecule has 1 aromatic carbocycles. The maximum absolute atomic E-state index is 11.7. The Morgan fingerprint density at radius 1 is 1.10 bits per heavy atom. The molecule has 21 heavy (non-hydrogen) atoms. The van der Waals surface area contributed by atoms with Crippen LogP contribution in [-0.2, 0) is 9.59 Å². The number of anilines is 1. The average molecular weight is 335 g/mol. The Hall–Kier alpha value is -1.99. The zero-order chi connectivity index (χ0) is 16.0. The number of halogens is 2. The van der Waals surface area contributed by atoms with E-state index in [1.807, 2.05) is 0 Å². The van der Waals surface area contributed by atoms with Gasteiger partial charge in [-0.3, -0.25) is 4.79 Å². The minimum Gasteiger partial charge on any atom is -0.481 e. The molecule has 0 aromatic heterocycles. The van der Waals surface area contributed by atoms with Crippen molar-refractivity contribution < 1.29 is 24.6 Å². The first-order valence-electron chi connectivity index (χ1n) is 5.76. The largest absolute Gasteiger partial charge is 0.481 e. The molecule has 1 atom stereocenters. The highest BCUT2D eigenvalue weighted by Gasteiger charge is 2.21. The molecule has 0 spiro atoms. The number of carboxylic acid groups (broad SMARTS) is 2. The Balaban J connectivity index is 2.65. The number of carbonyl (C=O) groups excluding carboxylic acids is 1. The van der Waals surface area contributed by atoms with Gasteiger partial charge in [0.25, 0.3) is 0 Å². The fourth-order valence-electron chi connectivity index (χ4n) is 1.48. The first-order chi connectivity index (χ1) is 9.77. The quantitative estimate of drug-likeness (QED) is 0.637. The van der Waals surface area contributed by atoms with Crippen LogP contribution in [0.1, 0.15) is 12.8 Å². The molecule has 0 fully saturated rings. The molecule has 0 aliphatic rings. The summed E-state index contributed by atoms with van der Waals surface area (Å²) < 4.78 is 0. The van der Waals surface area contributed by atoms with Gasteiger partial charge in [0.1, 0.15) is 6.04 Å². The monoisotopic (exact) mass is 334 g/mol. The number of rotatable bonds is 6. The summed E-state index contributed by atoms with van der Waals surface area (Å²) >= 11 is 11.5. The van der Waals surface area contributed by atoms with E-state index >= 15 is 0 Å². The van der Waals surface area contributed by atoms with Crippen LogP contribution in [0.4, 0.5) is 10.5 Å². The Kier molecular flexibility index (Phi) is 6.26. The minimum atomic E-state index is -1.32. The fourth-order valence-corrected chi connectivity index (χ4v) is 2.00. The van der Waals surface area contributed by atoms with E-state index in [1.165, 1.54) is 18.2 Å². The van der Waals surface area contributed by atoms with Crippen LogP contribution in [-0.4, -0.2) is 34.2 Å². The summed E-state index contributed by atoms with van der Waals surface area (Å²) in [4.78, 5) is 33.0. The van der Waals surface area contributed by atoms with E-state index in [0.29, 0.717) is 10.0 Å². The Bertz CT molecular complexity index is 544. The molecular weight excluding hydrogens is 323 g/mol. The highest BCUT2D eigenvalue weighted by atomic mass is 35.5. The van der Waals surface area contributed by atoms with Crippen molar-refractivity contribution in [2.45, 2.75) is 18.9 Å². The van der Waals surface area contributed by atoms with Gasteiger partial charge in [-0.2, -0.15) is 0 Å². The molecule has 0 unspecified atom stereocenters. The Labute approximate surface area is 129 Å². The number of hydrogen-bond acceptors (Lipinski definition) is 3. The molecule has 0 heterocycles. The summed E-state index contributed by atoms with van der Waals surface area (Å²) in [6.07, 6.45) is -0.603. The third kappa shape index (κ3) is 6.33. The lowest BCUT2D eigenvalue weighted by Gasteiger charge is -2.14. The lowest BCUT2D eigenvalue weighted by molar-refractivity contribution is -0.140. The van der Waals surface area contributed by atoms with Gasteiger partial charge in [-0.05, 0) is 24.6 Å². The molecule has 1 rings (SSSR count). The summed E-state index contributed by atoms with van der Waals surface area (Å²) in [5.41, 5.74) is 0.285. The van der Waals surface area contributed by atoms with Crippen molar-refractivity contribution in [3.05, 3.63) is 28.2 Å². The Morgan fingerprint density at radius 2 is 1.67 bits per heavy atom. The fraction of sp³-hybridized carbons (Fsp3) is 0.250. The van der Waals surface area contributed by atoms with Crippen LogP contribution in [0.5, 0.6) is 0 Å². The zero-order valence-corrected chi connectivity index (χ0v) is 12.1. The first-order valence-corrected chi connectivity index (χ1v) is 6.51. The van der Waals surface area contributed by atoms with Gasteiger partial charge >= 0.3 is 18.0 Å². The van der Waals surface area contributed by atoms with E-state index in [2.05, 4.69) is 10.6 Å². The van der Waals surface area contributed by atoms with Crippen molar-refractivity contribution in [3.63, 3.8) is 0 Å². The van der Waals surface area contributed by atoms with Crippen LogP contribution in [0.15, 0.2) is 18.2 Å². The SMILES string of the molecule is O=C(O)CC[C@H](NC(=O)Nc1cc(Cl)cc(Cl)c1)C(=O)O. The number of nitrogens with one attached hydrogen (secondary N) is 2. The predicted molar refractivity (Wildman–Crippen MR) is 76.9 cm³/mol. The van der Waals surface area contributed by atoms with Crippen LogP contribution in [0, 0.1) is 0 Å². The zero-order valence-electron chi connectivity index (χ0n) is 10.6. The van der Waals surface area contributed by atoms with Gasteiger partial charge in [0.2, 0.25) is 0 Å². The second-order valence-electron chi connectivity index (χ2n) is 4.08. The molecule has 0 saturated carbocycles. The summed E-state index contributed by atoms with van der Waals surface area (Å²) in [5, 5.41) is 22.6. The number of carbonyl (C=O) groups is 3. The number of benzene rings is 1. The van der Waals surface area contributed by atoms with Crippen LogP contribution in [0.2, 0.25) is 10.0 Å². The molecule has 0 saturated heterocycles. The van der Waals surface area contributed by atoms with Crippen molar-refractivity contribution >= 4 is 46.9 Å². The normalized spacial score (nSPS) is 11.5. The molecule has 0 aliphatic carbocycles. The van der Waals surface area contributed by atoms with Crippen molar-refractivity contribution in [1.82, 2.24) is 5.32 Å². The topological polar surface area (TPSA) is 116 Å². The first kappa shape index (κ1) is 17.1. The van der Waals surface area contributed by atoms with Crippen LogP contribution < -0.4 is 10.6 Å². The van der Waals surface area contributed by atoms with Crippen LogP contribution >= 0.6 is 23.2 Å². The Morgan fingerprint density at radius 3 is 2.14 bits per heavy atom. The highest BCUT2D eigenvalue weighted by Crippen LogP contribution is 2.22. The maximum Gasteiger partial charge on any atom is 0.326 e. The van der Waals surface area contributed by atoms with E-state index in [-0.39, 0.29) is 18.5 Å². The van der Waals surface area contributed by atoms with E-state index < -0.39 is 24.0 Å². The van der Waals surface area contributed by atoms with Gasteiger partial charge in [-0.15, -0.1) is 0 Å². The molecule has 0 aliphatic heterocycles. The van der Waals surface area contributed by atoms with E-state index in [1.54, 1.807) is 0 Å². The molecule has 1 aromatic rings. The number of amides is 2. The highest BCUT2D eigenvalue weighted by molar-refractivity contribution is 6.35. The van der Waals surface area contributed by atoms with E-state index in [9.17, 15) is 14.4 Å². The van der Waals surface area contributed by atoms with Crippen LogP contribution in [0.25, 0.3) is 0 Å². The molecule has 114 valence electrons. The number of aliphatic carboxylic acids is 2. The standard InChI is InChI=1S/C12H12Cl2N2O5/c13-6-3-7(14)5-8(4-6)15-12(21)16-9(11(19)20)1-2-10(17)18/h3-5,9H,1-2H2,(H,17,18)(H,19,20)(H2,15,16,21)/t9-/m0/s1. The molecule has 4 N–H and O–H groups in total. The van der Waals surface area contributed by atoms with Gasteiger partial charge in [0.05, 0.1) is 0 Å². The van der Waals surface area contributed by atoms with Crippen molar-refractivity contribution in [1.29, 1.82) is 0 Å². The molecule has 2 amide bonds. The second-order valence-corrected chi connectivity index (χ2v) is 4.95. The summed E-state index contributed by atoms with van der Waals surface area (Å²) in [6, 6.07) is 2.22.